The summed E-state index contributed by atoms with van der Waals surface area (Å²) in [7, 11) is 0. The Kier molecular flexibility index (Phi) is 6.30. The number of halogens is 3. The molecule has 0 unspecified atom stereocenters. The van der Waals surface area contributed by atoms with Crippen molar-refractivity contribution in [1.82, 2.24) is 10.3 Å². The van der Waals surface area contributed by atoms with Gasteiger partial charge in [-0.25, -0.2) is 4.98 Å². The molecule has 0 bridgehead atoms. The standard InChI is InChI=1S/C14H13Cl3N2OS/c15-7-11-8-21-14(19-11)6-13(20)18-4-3-9-1-2-10(16)5-12(9)17/h1-2,5,8H,3-4,6-7H2,(H,18,20). The summed E-state index contributed by atoms with van der Waals surface area (Å²) in [6.45, 7) is 0.522. The van der Waals surface area contributed by atoms with Gasteiger partial charge in [0.2, 0.25) is 5.91 Å². The number of hydrogen-bond acceptors (Lipinski definition) is 3. The second-order valence-electron chi connectivity index (χ2n) is 4.38. The van der Waals surface area contributed by atoms with Crippen LogP contribution in [-0.2, 0) is 23.5 Å². The lowest BCUT2D eigenvalue weighted by Crippen LogP contribution is -2.27. The molecule has 21 heavy (non-hydrogen) atoms. The Labute approximate surface area is 142 Å². The quantitative estimate of drug-likeness (QED) is 0.785. The number of carbonyl (C=O) groups excluding carboxylic acids is 1. The number of carbonyl (C=O) groups is 1. The number of nitrogens with zero attached hydrogens (tertiary/aromatic N) is 1. The van der Waals surface area contributed by atoms with Gasteiger partial charge in [-0.15, -0.1) is 22.9 Å². The number of rotatable bonds is 6. The molecule has 0 radical (unpaired) electrons. The molecule has 0 saturated heterocycles. The molecular formula is C14H13Cl3N2OS. The second-order valence-corrected chi connectivity index (χ2v) is 6.43. The minimum atomic E-state index is -0.0597. The number of aromatic nitrogens is 1. The van der Waals surface area contributed by atoms with Crippen molar-refractivity contribution >= 4 is 52.0 Å². The topological polar surface area (TPSA) is 42.0 Å². The molecule has 1 aromatic heterocycles. The molecule has 3 nitrogen and oxygen atoms in total. The molecule has 2 aromatic rings. The number of nitrogens with one attached hydrogen (secondary N) is 1. The molecule has 0 aliphatic carbocycles. The van der Waals surface area contributed by atoms with Crippen molar-refractivity contribution in [3.63, 3.8) is 0 Å². The second kappa shape index (κ2) is 7.99. The van der Waals surface area contributed by atoms with Gasteiger partial charge in [-0.3, -0.25) is 4.79 Å². The number of amides is 1. The minimum Gasteiger partial charge on any atom is -0.355 e. The van der Waals surface area contributed by atoms with Gasteiger partial charge >= 0.3 is 0 Å². The van der Waals surface area contributed by atoms with Crippen LogP contribution in [0.1, 0.15) is 16.3 Å². The lowest BCUT2D eigenvalue weighted by Gasteiger charge is -2.06. The minimum absolute atomic E-state index is 0.0597. The summed E-state index contributed by atoms with van der Waals surface area (Å²) in [5.41, 5.74) is 1.76. The first-order valence-electron chi connectivity index (χ1n) is 6.28. The Balaban J connectivity index is 1.78. The van der Waals surface area contributed by atoms with Crippen molar-refractivity contribution in [2.75, 3.05) is 6.54 Å². The molecule has 2 rings (SSSR count). The lowest BCUT2D eigenvalue weighted by atomic mass is 10.1. The van der Waals surface area contributed by atoms with E-state index in [9.17, 15) is 4.79 Å². The summed E-state index contributed by atoms with van der Waals surface area (Å²) in [6.07, 6.45) is 0.933. The van der Waals surface area contributed by atoms with Crippen LogP contribution in [0.2, 0.25) is 10.0 Å². The van der Waals surface area contributed by atoms with Crippen LogP contribution < -0.4 is 5.32 Å². The highest BCUT2D eigenvalue weighted by molar-refractivity contribution is 7.09. The Hall–Kier alpha value is -0.810. The van der Waals surface area contributed by atoms with Crippen LogP contribution in [0.15, 0.2) is 23.6 Å². The Morgan fingerprint density at radius 1 is 1.33 bits per heavy atom. The first-order chi connectivity index (χ1) is 10.1. The third kappa shape index (κ3) is 5.15. The average Bonchev–Trinajstić information content (AvgIpc) is 2.89. The zero-order valence-corrected chi connectivity index (χ0v) is 14.1. The van der Waals surface area contributed by atoms with E-state index in [1.807, 2.05) is 11.4 Å². The summed E-state index contributed by atoms with van der Waals surface area (Å²) in [5, 5.41) is 6.70. The van der Waals surface area contributed by atoms with E-state index >= 15 is 0 Å². The molecule has 0 saturated carbocycles. The maximum absolute atomic E-state index is 11.8. The van der Waals surface area contributed by atoms with Crippen LogP contribution in [0, 0.1) is 0 Å². The maximum atomic E-state index is 11.8. The summed E-state index contributed by atoms with van der Waals surface area (Å²) in [5.74, 6) is 0.309. The molecular weight excluding hydrogens is 351 g/mol. The SMILES string of the molecule is O=C(Cc1nc(CCl)cs1)NCCc1ccc(Cl)cc1Cl. The summed E-state index contributed by atoms with van der Waals surface area (Å²) in [6, 6.07) is 5.35. The van der Waals surface area contributed by atoms with Crippen LogP contribution in [0.3, 0.4) is 0 Å². The summed E-state index contributed by atoms with van der Waals surface area (Å²) < 4.78 is 0. The molecule has 1 N–H and O–H groups in total. The third-order valence-electron chi connectivity index (χ3n) is 2.78. The van der Waals surface area contributed by atoms with Gasteiger partial charge < -0.3 is 5.32 Å². The van der Waals surface area contributed by atoms with Gasteiger partial charge in [0, 0.05) is 22.0 Å². The molecule has 0 spiro atoms. The Bertz CT molecular complexity index is 630. The number of hydrogen-bond donors (Lipinski definition) is 1. The Morgan fingerprint density at radius 3 is 2.81 bits per heavy atom. The van der Waals surface area contributed by atoms with E-state index in [0.29, 0.717) is 28.9 Å². The average molecular weight is 364 g/mol. The predicted molar refractivity (Wildman–Crippen MR) is 88.6 cm³/mol. The molecule has 112 valence electrons. The highest BCUT2D eigenvalue weighted by Crippen LogP contribution is 2.21. The van der Waals surface area contributed by atoms with Gasteiger partial charge in [-0.2, -0.15) is 0 Å². The maximum Gasteiger partial charge on any atom is 0.226 e. The molecule has 0 aliphatic rings. The first-order valence-corrected chi connectivity index (χ1v) is 8.45. The summed E-state index contributed by atoms with van der Waals surface area (Å²) >= 11 is 19.0. The number of thiazole rings is 1. The van der Waals surface area contributed by atoms with E-state index in [1.54, 1.807) is 12.1 Å². The van der Waals surface area contributed by atoms with E-state index in [0.717, 1.165) is 16.3 Å². The van der Waals surface area contributed by atoms with Crippen LogP contribution in [-0.4, -0.2) is 17.4 Å². The fourth-order valence-electron chi connectivity index (χ4n) is 1.75. The molecule has 1 heterocycles. The highest BCUT2D eigenvalue weighted by atomic mass is 35.5. The van der Waals surface area contributed by atoms with Crippen molar-refractivity contribution in [2.24, 2.45) is 0 Å². The molecule has 0 atom stereocenters. The van der Waals surface area contributed by atoms with E-state index in [1.165, 1.54) is 11.3 Å². The van der Waals surface area contributed by atoms with Gasteiger partial charge in [-0.05, 0) is 24.1 Å². The largest absolute Gasteiger partial charge is 0.355 e. The van der Waals surface area contributed by atoms with Crippen LogP contribution in [0.4, 0.5) is 0 Å². The van der Waals surface area contributed by atoms with Crippen LogP contribution in [0.25, 0.3) is 0 Å². The fraction of sp³-hybridized carbons (Fsp3) is 0.286. The number of alkyl halides is 1. The Morgan fingerprint density at radius 2 is 2.14 bits per heavy atom. The molecule has 0 fully saturated rings. The summed E-state index contributed by atoms with van der Waals surface area (Å²) in [4.78, 5) is 16.1. The smallest absolute Gasteiger partial charge is 0.226 e. The highest BCUT2D eigenvalue weighted by Gasteiger charge is 2.08. The van der Waals surface area contributed by atoms with Crippen molar-refractivity contribution in [3.8, 4) is 0 Å². The van der Waals surface area contributed by atoms with Gasteiger partial charge in [0.05, 0.1) is 18.0 Å². The normalized spacial score (nSPS) is 10.6. The first kappa shape index (κ1) is 16.6. The van der Waals surface area contributed by atoms with Crippen molar-refractivity contribution in [2.45, 2.75) is 18.7 Å². The van der Waals surface area contributed by atoms with Crippen molar-refractivity contribution in [3.05, 3.63) is 49.9 Å². The van der Waals surface area contributed by atoms with E-state index in [-0.39, 0.29) is 12.3 Å². The molecule has 1 aromatic carbocycles. The van der Waals surface area contributed by atoms with Gasteiger partial charge in [0.1, 0.15) is 5.01 Å². The van der Waals surface area contributed by atoms with Gasteiger partial charge in [0.15, 0.2) is 0 Å². The predicted octanol–water partition coefficient (Wildman–Crippen LogP) is 4.09. The van der Waals surface area contributed by atoms with Crippen LogP contribution >= 0.6 is 46.1 Å². The van der Waals surface area contributed by atoms with E-state index < -0.39 is 0 Å². The van der Waals surface area contributed by atoms with Gasteiger partial charge in [-0.1, -0.05) is 29.3 Å². The molecule has 7 heteroatoms. The van der Waals surface area contributed by atoms with Crippen molar-refractivity contribution < 1.29 is 4.79 Å². The van der Waals surface area contributed by atoms with E-state index in [4.69, 9.17) is 34.8 Å². The third-order valence-corrected chi connectivity index (χ3v) is 4.54. The molecule has 0 aliphatic heterocycles. The fourth-order valence-corrected chi connectivity index (χ4v) is 3.28. The van der Waals surface area contributed by atoms with Crippen molar-refractivity contribution in [1.29, 1.82) is 0 Å². The zero-order valence-electron chi connectivity index (χ0n) is 11.0. The van der Waals surface area contributed by atoms with E-state index in [2.05, 4.69) is 10.3 Å². The number of benzene rings is 1. The van der Waals surface area contributed by atoms with Gasteiger partial charge in [0.25, 0.3) is 0 Å². The monoisotopic (exact) mass is 362 g/mol. The molecule has 1 amide bonds. The lowest BCUT2D eigenvalue weighted by molar-refractivity contribution is -0.120. The zero-order chi connectivity index (χ0) is 15.2. The van der Waals surface area contributed by atoms with Crippen LogP contribution in [0.5, 0.6) is 0 Å².